The van der Waals surface area contributed by atoms with Crippen LogP contribution in [0.25, 0.3) is 0 Å². The Hall–Kier alpha value is -3.88. The topological polar surface area (TPSA) is 139 Å². The molecule has 0 fully saturated rings. The van der Waals surface area contributed by atoms with E-state index in [2.05, 4.69) is 10.2 Å². The van der Waals surface area contributed by atoms with E-state index in [-0.39, 0.29) is 5.56 Å². The van der Waals surface area contributed by atoms with Crippen molar-refractivity contribution >= 4 is 29.1 Å². The number of amides is 2. The van der Waals surface area contributed by atoms with E-state index in [0.29, 0.717) is 32.1 Å². The largest absolute Gasteiger partial charge is 0.419 e. The van der Waals surface area contributed by atoms with Crippen molar-refractivity contribution in [2.45, 2.75) is 6.92 Å². The molecule has 2 aliphatic heterocycles. The highest BCUT2D eigenvalue weighted by molar-refractivity contribution is 7.47. The van der Waals surface area contributed by atoms with Gasteiger partial charge in [-0.3, -0.25) is 4.79 Å². The maximum Gasteiger partial charge on any atom is 0.418 e. The lowest BCUT2D eigenvalue weighted by molar-refractivity contribution is 0.241. The molecule has 0 saturated heterocycles. The van der Waals surface area contributed by atoms with E-state index in [9.17, 15) is 19.2 Å². The maximum absolute atomic E-state index is 12.9. The van der Waals surface area contributed by atoms with Gasteiger partial charge in [0.25, 0.3) is 5.56 Å². The quantitative estimate of drug-likeness (QED) is 0.525. The fourth-order valence-corrected chi connectivity index (χ4v) is 5.04. The number of carbonyl (C=O) groups excluding carboxylic acids is 2. The molecule has 0 unspecified atom stereocenters. The molecule has 168 valence electrons. The van der Waals surface area contributed by atoms with E-state index in [1.54, 1.807) is 48.5 Å². The van der Waals surface area contributed by atoms with E-state index < -0.39 is 40.4 Å². The molecule has 1 aromatic heterocycles. The van der Waals surface area contributed by atoms with Crippen LogP contribution in [-0.2, 0) is 0 Å². The highest BCUT2D eigenvalue weighted by Gasteiger charge is 2.32. The normalized spacial score (nSPS) is 14.2. The molecule has 5 rings (SSSR count). The number of fused-ring (bicyclic) bond motifs is 2. The van der Waals surface area contributed by atoms with Gasteiger partial charge in [-0.2, -0.15) is 4.57 Å². The molecule has 2 aliphatic rings. The molecule has 2 amide bonds. The third kappa shape index (κ3) is 3.90. The van der Waals surface area contributed by atoms with Gasteiger partial charge in [-0.1, -0.05) is 24.3 Å². The monoisotopic (exact) mass is 488 g/mol. The predicted octanol–water partition coefficient (Wildman–Crippen LogP) is 2.83. The van der Waals surface area contributed by atoms with E-state index in [1.165, 1.54) is 6.92 Å². The third-order valence-corrected chi connectivity index (χ3v) is 6.68. The minimum atomic E-state index is -1.98. The maximum atomic E-state index is 12.9. The zero-order valence-corrected chi connectivity index (χ0v) is 18.5. The molecule has 3 heterocycles. The van der Waals surface area contributed by atoms with Crippen LogP contribution in [0.5, 0.6) is 23.0 Å². The third-order valence-electron chi connectivity index (χ3n) is 4.48. The first-order chi connectivity index (χ1) is 15.9. The van der Waals surface area contributed by atoms with E-state index >= 15 is 0 Å². The summed E-state index contributed by atoms with van der Waals surface area (Å²) in [7, 11) is -3.89. The Morgan fingerprint density at radius 1 is 0.758 bits per heavy atom. The molecule has 0 saturated carbocycles. The minimum absolute atomic E-state index is 0.0199. The Labute approximate surface area is 187 Å². The molecule has 12 nitrogen and oxygen atoms in total. The number of aryl methyl sites for hydroxylation is 1. The fraction of sp³-hybridized carbons (Fsp3) is 0.0526. The summed E-state index contributed by atoms with van der Waals surface area (Å²) in [6.45, 7) is 1.36. The van der Waals surface area contributed by atoms with Crippen LogP contribution in [0.4, 0.5) is 9.59 Å². The average molecular weight is 488 g/mol. The van der Waals surface area contributed by atoms with Gasteiger partial charge in [-0.15, -0.1) is 0 Å². The molecule has 2 aromatic carbocycles. The highest BCUT2D eigenvalue weighted by Crippen LogP contribution is 2.50. The standard InChI is InChI=1S/C19H14N4O8P2/c1-11-10-22(17(25)20-32-28-12-6-2-3-7-13(12)29-32)19(27)23(16(11)24)18(26)21-33-30-14-8-4-5-9-15(14)31-33/h2-10H,1H3,(H,20,25)(H,21,26). The van der Waals surface area contributed by atoms with Gasteiger partial charge in [-0.25, -0.2) is 29.1 Å². The molecule has 14 heteroatoms. The van der Waals surface area contributed by atoms with Gasteiger partial charge >= 0.3 is 34.8 Å². The molecule has 0 atom stereocenters. The van der Waals surface area contributed by atoms with Crippen molar-refractivity contribution in [1.82, 2.24) is 19.3 Å². The van der Waals surface area contributed by atoms with Gasteiger partial charge in [-0.05, 0) is 31.2 Å². The van der Waals surface area contributed by atoms with Crippen LogP contribution in [0, 0.1) is 6.92 Å². The zero-order chi connectivity index (χ0) is 23.1. The second-order valence-corrected chi connectivity index (χ2v) is 8.92. The lowest BCUT2D eigenvalue weighted by Gasteiger charge is -2.14. The second-order valence-electron chi connectivity index (χ2n) is 6.71. The number of para-hydroxylation sites is 4. The minimum Gasteiger partial charge on any atom is -0.419 e. The molecule has 0 spiro atoms. The van der Waals surface area contributed by atoms with Crippen LogP contribution in [0.2, 0.25) is 0 Å². The summed E-state index contributed by atoms with van der Waals surface area (Å²) in [5, 5.41) is 4.79. The summed E-state index contributed by atoms with van der Waals surface area (Å²) >= 11 is 0. The molecule has 3 aromatic rings. The van der Waals surface area contributed by atoms with Gasteiger partial charge in [0, 0.05) is 11.8 Å². The van der Waals surface area contributed by atoms with Crippen molar-refractivity contribution in [3.63, 3.8) is 0 Å². The number of hydrogen-bond donors (Lipinski definition) is 2. The van der Waals surface area contributed by atoms with Crippen molar-refractivity contribution in [2.75, 3.05) is 0 Å². The van der Waals surface area contributed by atoms with Crippen LogP contribution in [0.15, 0.2) is 64.3 Å². The first kappa shape index (κ1) is 21.0. The smallest absolute Gasteiger partial charge is 0.418 e. The van der Waals surface area contributed by atoms with Crippen LogP contribution < -0.4 is 39.5 Å². The first-order valence-electron chi connectivity index (χ1n) is 9.38. The lowest BCUT2D eigenvalue weighted by atomic mass is 10.3. The Bertz CT molecular complexity index is 1360. The van der Waals surface area contributed by atoms with Crippen molar-refractivity contribution in [1.29, 1.82) is 0 Å². The summed E-state index contributed by atoms with van der Waals surface area (Å²) in [6.07, 6.45) is 1.03. The number of aromatic nitrogens is 2. The van der Waals surface area contributed by atoms with Crippen LogP contribution in [-0.4, -0.2) is 21.2 Å². The number of hydrogen-bond acceptors (Lipinski definition) is 8. The van der Waals surface area contributed by atoms with Crippen molar-refractivity contribution in [3.8, 4) is 23.0 Å². The summed E-state index contributed by atoms with van der Waals surface area (Å²) in [5.41, 5.74) is -2.09. The van der Waals surface area contributed by atoms with Gasteiger partial charge < -0.3 is 18.1 Å². The molecular formula is C19H14N4O8P2. The van der Waals surface area contributed by atoms with Crippen molar-refractivity contribution in [2.24, 2.45) is 0 Å². The van der Waals surface area contributed by atoms with Crippen LogP contribution in [0.3, 0.4) is 0 Å². The Kier molecular flexibility index (Phi) is 5.24. The fourth-order valence-electron chi connectivity index (χ4n) is 2.95. The predicted molar refractivity (Wildman–Crippen MR) is 117 cm³/mol. The second kappa shape index (κ2) is 8.23. The van der Waals surface area contributed by atoms with Gasteiger partial charge in [0.1, 0.15) is 0 Å². The van der Waals surface area contributed by atoms with Gasteiger partial charge in [0.15, 0.2) is 23.0 Å². The van der Waals surface area contributed by atoms with Gasteiger partial charge in [0.05, 0.1) is 0 Å². The lowest BCUT2D eigenvalue weighted by Crippen LogP contribution is -2.50. The number of nitrogens with zero attached hydrogens (tertiary/aromatic N) is 2. The molecule has 0 aliphatic carbocycles. The summed E-state index contributed by atoms with van der Waals surface area (Å²) in [6, 6.07) is 11.5. The molecular weight excluding hydrogens is 474 g/mol. The molecule has 0 bridgehead atoms. The Balaban J connectivity index is 1.35. The molecule has 33 heavy (non-hydrogen) atoms. The first-order valence-corrected chi connectivity index (χ1v) is 11.7. The molecule has 2 N–H and O–H groups in total. The Morgan fingerprint density at radius 2 is 1.18 bits per heavy atom. The van der Waals surface area contributed by atoms with Crippen molar-refractivity contribution in [3.05, 3.63) is 81.1 Å². The number of nitrogens with one attached hydrogen (secondary N) is 2. The summed E-state index contributed by atoms with van der Waals surface area (Å²) < 4.78 is 22.9. The SMILES string of the molecule is Cc1cn(C(=O)NP2Oc3ccccc3O2)c(=O)n(C(=O)NP2Oc3ccccc3O2)c1=O. The van der Waals surface area contributed by atoms with E-state index in [1.807, 2.05) is 0 Å². The number of carbonyl (C=O) groups is 2. The van der Waals surface area contributed by atoms with E-state index in [4.69, 9.17) is 18.1 Å². The Morgan fingerprint density at radius 3 is 1.64 bits per heavy atom. The number of benzene rings is 2. The van der Waals surface area contributed by atoms with Crippen LogP contribution in [0.1, 0.15) is 5.56 Å². The summed E-state index contributed by atoms with van der Waals surface area (Å²) in [4.78, 5) is 50.8. The summed E-state index contributed by atoms with van der Waals surface area (Å²) in [5.74, 6) is 1.71. The highest BCUT2D eigenvalue weighted by atomic mass is 31.2. The van der Waals surface area contributed by atoms with E-state index in [0.717, 1.165) is 6.20 Å². The van der Waals surface area contributed by atoms with Crippen molar-refractivity contribution < 1.29 is 27.7 Å². The number of rotatable bonds is 2. The molecule has 0 radical (unpaired) electrons. The van der Waals surface area contributed by atoms with Crippen LogP contribution >= 0.6 is 17.1 Å². The zero-order valence-electron chi connectivity index (χ0n) is 16.8. The average Bonchev–Trinajstić information content (AvgIpc) is 3.38. The van der Waals surface area contributed by atoms with Gasteiger partial charge in [0.2, 0.25) is 0 Å².